The molecule has 1 aromatic rings. The van der Waals surface area contributed by atoms with E-state index in [1.54, 1.807) is 0 Å². The Labute approximate surface area is 122 Å². The molecule has 0 aliphatic carbocycles. The molecule has 0 amide bonds. The number of thiocarbonyl (C=S) groups is 1. The third-order valence-corrected chi connectivity index (χ3v) is 4.20. The van der Waals surface area contributed by atoms with Crippen molar-refractivity contribution in [3.05, 3.63) is 28.2 Å². The zero-order valence-corrected chi connectivity index (χ0v) is 12.9. The lowest BCUT2D eigenvalue weighted by molar-refractivity contribution is 0.264. The lowest BCUT2D eigenvalue weighted by Gasteiger charge is -2.30. The monoisotopic (exact) mass is 327 g/mol. The van der Waals surface area contributed by atoms with E-state index in [-0.39, 0.29) is 0 Å². The number of likely N-dealkylation sites (tertiary alicyclic amines) is 1. The second-order valence-corrected chi connectivity index (χ2v) is 6.07. The zero-order valence-electron chi connectivity index (χ0n) is 10.4. The molecule has 18 heavy (non-hydrogen) atoms. The topological polar surface area (TPSA) is 41.3 Å². The molecule has 1 aliphatic heterocycles. The van der Waals surface area contributed by atoms with Crippen molar-refractivity contribution in [2.75, 3.05) is 25.5 Å². The van der Waals surface area contributed by atoms with Gasteiger partial charge in [0.1, 0.15) is 4.99 Å². The number of benzene rings is 1. The first-order valence-corrected chi connectivity index (χ1v) is 7.31. The van der Waals surface area contributed by atoms with Crippen LogP contribution in [0.2, 0.25) is 0 Å². The number of anilines is 1. The molecule has 0 saturated carbocycles. The largest absolute Gasteiger partial charge is 0.389 e. The summed E-state index contributed by atoms with van der Waals surface area (Å²) in [6.45, 7) is 2.31. The van der Waals surface area contributed by atoms with Crippen molar-refractivity contribution in [2.24, 2.45) is 5.73 Å². The summed E-state index contributed by atoms with van der Waals surface area (Å²) in [5, 5.41) is 3.57. The van der Waals surface area contributed by atoms with Crippen LogP contribution < -0.4 is 11.1 Å². The molecule has 2 rings (SSSR count). The average molecular weight is 328 g/mol. The summed E-state index contributed by atoms with van der Waals surface area (Å²) in [5.74, 6) is 0. The van der Waals surface area contributed by atoms with Gasteiger partial charge in [-0.05, 0) is 67.1 Å². The zero-order chi connectivity index (χ0) is 13.1. The SMILES string of the molecule is CN1CCC(Nc2ccc(C(N)=S)c(Br)c2)CC1. The van der Waals surface area contributed by atoms with Crippen LogP contribution >= 0.6 is 28.1 Å². The maximum Gasteiger partial charge on any atom is 0.105 e. The number of hydrogen-bond acceptors (Lipinski definition) is 3. The highest BCUT2D eigenvalue weighted by molar-refractivity contribution is 9.10. The second-order valence-electron chi connectivity index (χ2n) is 4.78. The lowest BCUT2D eigenvalue weighted by atomic mass is 10.0. The van der Waals surface area contributed by atoms with Crippen molar-refractivity contribution in [2.45, 2.75) is 18.9 Å². The second kappa shape index (κ2) is 5.99. The van der Waals surface area contributed by atoms with Crippen LogP contribution in [0.4, 0.5) is 5.69 Å². The Kier molecular flexibility index (Phi) is 4.59. The van der Waals surface area contributed by atoms with Crippen LogP contribution in [0.1, 0.15) is 18.4 Å². The van der Waals surface area contributed by atoms with E-state index in [0.29, 0.717) is 11.0 Å². The highest BCUT2D eigenvalue weighted by Gasteiger charge is 2.16. The first-order chi connectivity index (χ1) is 8.56. The fourth-order valence-corrected chi connectivity index (χ4v) is 3.09. The molecule has 98 valence electrons. The summed E-state index contributed by atoms with van der Waals surface area (Å²) >= 11 is 8.50. The van der Waals surface area contributed by atoms with Crippen molar-refractivity contribution >= 4 is 38.8 Å². The third-order valence-electron chi connectivity index (χ3n) is 3.32. The lowest BCUT2D eigenvalue weighted by Crippen LogP contribution is -2.36. The predicted octanol–water partition coefficient (Wildman–Crippen LogP) is 2.59. The maximum absolute atomic E-state index is 5.64. The Morgan fingerprint density at radius 3 is 2.67 bits per heavy atom. The van der Waals surface area contributed by atoms with Gasteiger partial charge >= 0.3 is 0 Å². The van der Waals surface area contributed by atoms with E-state index in [0.717, 1.165) is 28.8 Å². The molecule has 0 radical (unpaired) electrons. The van der Waals surface area contributed by atoms with Gasteiger partial charge in [-0.2, -0.15) is 0 Å². The van der Waals surface area contributed by atoms with Crippen LogP contribution in [0, 0.1) is 0 Å². The van der Waals surface area contributed by atoms with Crippen LogP contribution in [0.3, 0.4) is 0 Å². The van der Waals surface area contributed by atoms with Crippen LogP contribution in [0.15, 0.2) is 22.7 Å². The standard InChI is InChI=1S/C13H18BrN3S/c1-17-6-4-9(5-7-17)16-10-2-3-11(13(15)18)12(14)8-10/h2-3,8-9,16H,4-7H2,1H3,(H2,15,18). The van der Waals surface area contributed by atoms with Gasteiger partial charge in [0.25, 0.3) is 0 Å². The summed E-state index contributed by atoms with van der Waals surface area (Å²) in [5.41, 5.74) is 7.65. The first-order valence-electron chi connectivity index (χ1n) is 6.10. The average Bonchev–Trinajstić information content (AvgIpc) is 2.32. The van der Waals surface area contributed by atoms with Gasteiger partial charge in [0.2, 0.25) is 0 Å². The van der Waals surface area contributed by atoms with E-state index in [2.05, 4.69) is 33.2 Å². The van der Waals surface area contributed by atoms with E-state index in [9.17, 15) is 0 Å². The van der Waals surface area contributed by atoms with Crippen molar-refractivity contribution in [3.8, 4) is 0 Å². The summed E-state index contributed by atoms with van der Waals surface area (Å²) < 4.78 is 0.952. The Morgan fingerprint density at radius 2 is 2.11 bits per heavy atom. The van der Waals surface area contributed by atoms with Gasteiger partial charge in [0.05, 0.1) is 0 Å². The third kappa shape index (κ3) is 3.43. The van der Waals surface area contributed by atoms with Crippen LogP contribution in [0.25, 0.3) is 0 Å². The molecule has 1 saturated heterocycles. The molecule has 1 aliphatic rings. The molecule has 3 nitrogen and oxygen atoms in total. The molecule has 1 heterocycles. The number of rotatable bonds is 3. The molecular formula is C13H18BrN3S. The molecule has 3 N–H and O–H groups in total. The molecule has 0 unspecified atom stereocenters. The van der Waals surface area contributed by atoms with E-state index >= 15 is 0 Å². The number of piperidine rings is 1. The Balaban J connectivity index is 2.02. The van der Waals surface area contributed by atoms with Crippen LogP contribution in [0.5, 0.6) is 0 Å². The highest BCUT2D eigenvalue weighted by Crippen LogP contribution is 2.23. The number of hydrogen-bond donors (Lipinski definition) is 2. The summed E-state index contributed by atoms with van der Waals surface area (Å²) in [6.07, 6.45) is 2.37. The quantitative estimate of drug-likeness (QED) is 0.837. The smallest absolute Gasteiger partial charge is 0.105 e. The summed E-state index contributed by atoms with van der Waals surface area (Å²) in [7, 11) is 2.17. The minimum atomic E-state index is 0.424. The van der Waals surface area contributed by atoms with Gasteiger partial charge in [-0.25, -0.2) is 0 Å². The maximum atomic E-state index is 5.64. The Morgan fingerprint density at radius 1 is 1.44 bits per heavy atom. The molecular weight excluding hydrogens is 310 g/mol. The number of nitrogens with two attached hydrogens (primary N) is 1. The van der Waals surface area contributed by atoms with Crippen LogP contribution in [-0.4, -0.2) is 36.1 Å². The van der Waals surface area contributed by atoms with E-state index in [1.807, 2.05) is 18.2 Å². The van der Waals surface area contributed by atoms with Gasteiger partial charge in [0, 0.05) is 21.8 Å². The van der Waals surface area contributed by atoms with Crippen molar-refractivity contribution in [1.29, 1.82) is 0 Å². The molecule has 5 heteroatoms. The van der Waals surface area contributed by atoms with E-state index in [4.69, 9.17) is 18.0 Å². The predicted molar refractivity (Wildman–Crippen MR) is 84.2 cm³/mol. The number of nitrogens with zero attached hydrogens (tertiary/aromatic N) is 1. The first kappa shape index (κ1) is 13.8. The minimum absolute atomic E-state index is 0.424. The van der Waals surface area contributed by atoms with E-state index in [1.165, 1.54) is 12.8 Å². The van der Waals surface area contributed by atoms with Crippen molar-refractivity contribution < 1.29 is 0 Å². The van der Waals surface area contributed by atoms with Gasteiger partial charge in [-0.15, -0.1) is 0 Å². The molecule has 0 aromatic heterocycles. The fourth-order valence-electron chi connectivity index (χ4n) is 2.19. The molecule has 1 aromatic carbocycles. The number of halogens is 1. The summed E-state index contributed by atoms with van der Waals surface area (Å²) in [4.78, 5) is 2.79. The van der Waals surface area contributed by atoms with Gasteiger partial charge in [0.15, 0.2) is 0 Å². The van der Waals surface area contributed by atoms with Gasteiger partial charge < -0.3 is 16.0 Å². The number of nitrogens with one attached hydrogen (secondary N) is 1. The molecule has 0 bridgehead atoms. The van der Waals surface area contributed by atoms with Gasteiger partial charge in [-0.3, -0.25) is 0 Å². The summed E-state index contributed by atoms with van der Waals surface area (Å²) in [6, 6.07) is 6.61. The molecule has 1 fully saturated rings. The van der Waals surface area contributed by atoms with Crippen molar-refractivity contribution in [1.82, 2.24) is 4.90 Å². The Hall–Kier alpha value is -0.650. The Bertz CT molecular complexity index is 442. The van der Waals surface area contributed by atoms with E-state index < -0.39 is 0 Å². The van der Waals surface area contributed by atoms with Gasteiger partial charge in [-0.1, -0.05) is 12.2 Å². The molecule has 0 atom stereocenters. The highest BCUT2D eigenvalue weighted by atomic mass is 79.9. The minimum Gasteiger partial charge on any atom is -0.389 e. The normalized spacial score (nSPS) is 17.7. The fraction of sp³-hybridized carbons (Fsp3) is 0.462. The van der Waals surface area contributed by atoms with Crippen LogP contribution in [-0.2, 0) is 0 Å². The molecule has 0 spiro atoms. The van der Waals surface area contributed by atoms with Crippen molar-refractivity contribution in [3.63, 3.8) is 0 Å².